The van der Waals surface area contributed by atoms with Crippen molar-refractivity contribution < 1.29 is 41.8 Å². The van der Waals surface area contributed by atoms with E-state index in [0.717, 1.165) is 4.90 Å². The molecule has 13 heteroatoms. The minimum absolute atomic E-state index is 0.0421. The van der Waals surface area contributed by atoms with E-state index >= 15 is 0 Å². The number of sulfonamides is 1. The van der Waals surface area contributed by atoms with Gasteiger partial charge in [0, 0.05) is 13.1 Å². The molecule has 2 atom stereocenters. The summed E-state index contributed by atoms with van der Waals surface area (Å²) in [7, 11) is -2.46. The van der Waals surface area contributed by atoms with Crippen LogP contribution in [0.5, 0.6) is 5.75 Å². The molecule has 4 rings (SSSR count). The topological polar surface area (TPSA) is 149 Å². The second kappa shape index (κ2) is 10.8. The normalized spacial score (nSPS) is 22.3. The van der Waals surface area contributed by atoms with E-state index in [1.807, 2.05) is 12.2 Å². The molecular weight excluding hydrogens is 494 g/mol. The molecule has 0 spiro atoms. The first-order valence-electron chi connectivity index (χ1n) is 11.4. The monoisotopic (exact) mass is 521 g/mol. The molecule has 194 valence electrons. The average Bonchev–Trinajstić information content (AvgIpc) is 3.13. The van der Waals surface area contributed by atoms with Crippen molar-refractivity contribution in [2.45, 2.75) is 17.7 Å². The molecule has 1 aromatic rings. The standard InChI is InChI=1S/C23H27N3O9S/c1-33-19-7-6-15(36(31,32)25-8-10-34-11-9-25)12-18(19)24-20(27)14-35-21(28)13-26-22(29)16-4-2-3-5-17(16)23(26)30/h2-3,6-7,12,16-17H,4-5,8-11,13-14H2,1H3,(H,24,27)/t16-,17+. The number of carbonyl (C=O) groups excluding carboxylic acids is 4. The quantitative estimate of drug-likeness (QED) is 0.287. The number of hydrogen-bond donors (Lipinski definition) is 1. The SMILES string of the molecule is COc1ccc(S(=O)(=O)N2CCOCC2)cc1NC(=O)COC(=O)CN1C(=O)[C@H]2CC=CC[C@H]2C1=O. The summed E-state index contributed by atoms with van der Waals surface area (Å²) in [6.07, 6.45) is 4.58. The van der Waals surface area contributed by atoms with Crippen molar-refractivity contribution in [2.75, 3.05) is 51.9 Å². The Balaban J connectivity index is 1.36. The Morgan fingerprint density at radius 1 is 1.08 bits per heavy atom. The van der Waals surface area contributed by atoms with Crippen LogP contribution in [-0.4, -0.2) is 87.9 Å². The van der Waals surface area contributed by atoms with Gasteiger partial charge >= 0.3 is 5.97 Å². The highest BCUT2D eigenvalue weighted by molar-refractivity contribution is 7.89. The van der Waals surface area contributed by atoms with Crippen LogP contribution in [0.2, 0.25) is 0 Å². The summed E-state index contributed by atoms with van der Waals surface area (Å²) in [5, 5.41) is 2.48. The molecule has 2 fully saturated rings. The second-order valence-corrected chi connectivity index (χ2v) is 10.4. The lowest BCUT2D eigenvalue weighted by molar-refractivity contribution is -0.154. The van der Waals surface area contributed by atoms with Gasteiger partial charge in [-0.05, 0) is 31.0 Å². The van der Waals surface area contributed by atoms with Crippen LogP contribution in [0.15, 0.2) is 35.2 Å². The number of morpholine rings is 1. The lowest BCUT2D eigenvalue weighted by Crippen LogP contribution is -2.40. The van der Waals surface area contributed by atoms with Gasteiger partial charge in [0.15, 0.2) is 6.61 Å². The number of imide groups is 1. The van der Waals surface area contributed by atoms with Crippen molar-refractivity contribution >= 4 is 39.4 Å². The summed E-state index contributed by atoms with van der Waals surface area (Å²) < 4.78 is 42.5. The molecule has 1 N–H and O–H groups in total. The number of benzene rings is 1. The molecule has 36 heavy (non-hydrogen) atoms. The third-order valence-electron chi connectivity index (χ3n) is 6.30. The summed E-state index contributed by atoms with van der Waals surface area (Å²) >= 11 is 0. The van der Waals surface area contributed by atoms with Crippen LogP contribution in [-0.2, 0) is 38.7 Å². The molecule has 0 bridgehead atoms. The Bertz CT molecular complexity index is 1170. The van der Waals surface area contributed by atoms with Crippen molar-refractivity contribution in [1.29, 1.82) is 0 Å². The zero-order valence-electron chi connectivity index (χ0n) is 19.7. The van der Waals surface area contributed by atoms with Crippen LogP contribution in [0.25, 0.3) is 0 Å². The number of amides is 3. The molecule has 2 heterocycles. The highest BCUT2D eigenvalue weighted by atomic mass is 32.2. The van der Waals surface area contributed by atoms with Gasteiger partial charge in [0.2, 0.25) is 21.8 Å². The summed E-state index contributed by atoms with van der Waals surface area (Å²) in [6.45, 7) is -0.270. The maximum absolute atomic E-state index is 12.9. The Morgan fingerprint density at radius 2 is 1.72 bits per heavy atom. The number of hydrogen-bond acceptors (Lipinski definition) is 9. The Morgan fingerprint density at radius 3 is 2.33 bits per heavy atom. The van der Waals surface area contributed by atoms with Gasteiger partial charge in [-0.2, -0.15) is 4.31 Å². The van der Waals surface area contributed by atoms with E-state index < -0.39 is 58.7 Å². The molecule has 0 saturated carbocycles. The molecule has 2 aliphatic heterocycles. The molecule has 1 aromatic carbocycles. The van der Waals surface area contributed by atoms with E-state index in [1.165, 1.54) is 29.6 Å². The van der Waals surface area contributed by atoms with Crippen molar-refractivity contribution in [3.8, 4) is 5.75 Å². The lowest BCUT2D eigenvalue weighted by Gasteiger charge is -2.26. The first-order valence-corrected chi connectivity index (χ1v) is 12.9. The maximum Gasteiger partial charge on any atom is 0.326 e. The largest absolute Gasteiger partial charge is 0.495 e. The van der Waals surface area contributed by atoms with E-state index in [-0.39, 0.29) is 42.6 Å². The molecule has 3 amide bonds. The van der Waals surface area contributed by atoms with Gasteiger partial charge in [-0.3, -0.25) is 24.1 Å². The molecule has 1 aliphatic carbocycles. The van der Waals surface area contributed by atoms with Gasteiger partial charge < -0.3 is 19.5 Å². The van der Waals surface area contributed by atoms with Crippen LogP contribution >= 0.6 is 0 Å². The van der Waals surface area contributed by atoms with Gasteiger partial charge in [-0.15, -0.1) is 0 Å². The number of fused-ring (bicyclic) bond motifs is 1. The fourth-order valence-electron chi connectivity index (χ4n) is 4.41. The molecule has 0 aromatic heterocycles. The zero-order chi connectivity index (χ0) is 25.9. The number of rotatable bonds is 8. The number of nitrogens with one attached hydrogen (secondary N) is 1. The van der Waals surface area contributed by atoms with Crippen molar-refractivity contribution in [1.82, 2.24) is 9.21 Å². The van der Waals surface area contributed by atoms with Crippen LogP contribution in [0.3, 0.4) is 0 Å². The number of anilines is 1. The minimum Gasteiger partial charge on any atom is -0.495 e. The van der Waals surface area contributed by atoms with Crippen molar-refractivity contribution in [3.05, 3.63) is 30.4 Å². The highest BCUT2D eigenvalue weighted by Gasteiger charge is 2.47. The predicted molar refractivity (Wildman–Crippen MR) is 124 cm³/mol. The van der Waals surface area contributed by atoms with Crippen LogP contribution in [0.1, 0.15) is 12.8 Å². The van der Waals surface area contributed by atoms with E-state index in [2.05, 4.69) is 5.32 Å². The maximum atomic E-state index is 12.9. The fraction of sp³-hybridized carbons (Fsp3) is 0.478. The van der Waals surface area contributed by atoms with Crippen LogP contribution in [0.4, 0.5) is 5.69 Å². The van der Waals surface area contributed by atoms with Gasteiger partial charge in [-0.1, -0.05) is 12.2 Å². The highest BCUT2D eigenvalue weighted by Crippen LogP contribution is 2.35. The van der Waals surface area contributed by atoms with Crippen molar-refractivity contribution in [2.24, 2.45) is 11.8 Å². The molecule has 3 aliphatic rings. The smallest absolute Gasteiger partial charge is 0.326 e. The molecule has 0 radical (unpaired) electrons. The van der Waals surface area contributed by atoms with Crippen LogP contribution in [0, 0.1) is 11.8 Å². The predicted octanol–water partition coefficient (Wildman–Crippen LogP) is 0.149. The average molecular weight is 522 g/mol. The second-order valence-electron chi connectivity index (χ2n) is 8.51. The fourth-order valence-corrected chi connectivity index (χ4v) is 5.85. The summed E-state index contributed by atoms with van der Waals surface area (Å²) in [5.41, 5.74) is 0.0781. The third-order valence-corrected chi connectivity index (χ3v) is 8.20. The van der Waals surface area contributed by atoms with E-state index in [9.17, 15) is 27.6 Å². The number of nitrogens with zero attached hydrogens (tertiary/aromatic N) is 2. The molecule has 12 nitrogen and oxygen atoms in total. The summed E-state index contributed by atoms with van der Waals surface area (Å²) in [6, 6.07) is 4.05. The van der Waals surface area contributed by atoms with Gasteiger partial charge in [-0.25, -0.2) is 8.42 Å². The first kappa shape index (κ1) is 25.8. The van der Waals surface area contributed by atoms with Crippen molar-refractivity contribution in [3.63, 3.8) is 0 Å². The summed E-state index contributed by atoms with van der Waals surface area (Å²) in [5.74, 6) is -3.22. The van der Waals surface area contributed by atoms with Gasteiger partial charge in [0.1, 0.15) is 12.3 Å². The van der Waals surface area contributed by atoms with Gasteiger partial charge in [0.05, 0.1) is 42.7 Å². The van der Waals surface area contributed by atoms with E-state index in [1.54, 1.807) is 0 Å². The van der Waals surface area contributed by atoms with E-state index in [4.69, 9.17) is 14.2 Å². The lowest BCUT2D eigenvalue weighted by atomic mass is 9.85. The third kappa shape index (κ3) is 5.27. The number of methoxy groups -OCH3 is 1. The number of likely N-dealkylation sites (tertiary alicyclic amines) is 1. The Labute approximate surface area is 208 Å². The molecule has 2 saturated heterocycles. The minimum atomic E-state index is -3.82. The first-order chi connectivity index (χ1) is 17.2. The molecule has 0 unspecified atom stereocenters. The Kier molecular flexibility index (Phi) is 7.71. The number of carbonyl (C=O) groups is 4. The molecular formula is C23H27N3O9S. The summed E-state index contributed by atoms with van der Waals surface area (Å²) in [4.78, 5) is 50.5. The number of allylic oxidation sites excluding steroid dienone is 2. The number of esters is 1. The van der Waals surface area contributed by atoms with Gasteiger partial charge in [0.25, 0.3) is 5.91 Å². The van der Waals surface area contributed by atoms with E-state index in [0.29, 0.717) is 12.8 Å². The van der Waals surface area contributed by atoms with Crippen LogP contribution < -0.4 is 10.1 Å². The zero-order valence-corrected chi connectivity index (χ0v) is 20.5. The number of ether oxygens (including phenoxy) is 3. The Hall–Kier alpha value is -3.29.